The number of carbonyl (C=O) groups is 2. The number of fused-ring (bicyclic) bond motifs is 1. The van der Waals surface area contributed by atoms with Gasteiger partial charge in [-0.15, -0.1) is 0 Å². The van der Waals surface area contributed by atoms with Crippen molar-refractivity contribution >= 4 is 38.8 Å². The Balaban J connectivity index is 1.86. The lowest BCUT2D eigenvalue weighted by atomic mass is 10.0. The summed E-state index contributed by atoms with van der Waals surface area (Å²) in [7, 11) is -2.14. The zero-order valence-electron chi connectivity index (χ0n) is 20.7. The average molecular weight is 514 g/mol. The molecule has 1 aromatic carbocycles. The molecule has 2 N–H and O–H groups in total. The molecule has 1 aliphatic rings. The fourth-order valence-corrected chi connectivity index (χ4v) is 5.25. The van der Waals surface area contributed by atoms with Crippen LogP contribution in [-0.4, -0.2) is 50.2 Å². The molecule has 1 saturated carbocycles. The number of pyridine rings is 1. The molecule has 1 amide bonds. The minimum Gasteiger partial charge on any atom is -0.481 e. The summed E-state index contributed by atoms with van der Waals surface area (Å²) in [5.74, 6) is -0.428. The van der Waals surface area contributed by atoms with Crippen molar-refractivity contribution in [1.82, 2.24) is 10.3 Å². The lowest BCUT2D eigenvalue weighted by Gasteiger charge is -2.23. The van der Waals surface area contributed by atoms with Gasteiger partial charge in [-0.3, -0.25) is 13.9 Å². The predicted octanol–water partition coefficient (Wildman–Crippen LogP) is 4.32. The Kier molecular flexibility index (Phi) is 7.35. The number of nitrogens with one attached hydrogen (secondary N) is 1. The van der Waals surface area contributed by atoms with E-state index in [-0.39, 0.29) is 36.3 Å². The average Bonchev–Trinajstić information content (AvgIpc) is 3.62. The number of hydrogen-bond acceptors (Lipinski definition) is 6. The largest absolute Gasteiger partial charge is 0.481 e. The van der Waals surface area contributed by atoms with Crippen LogP contribution in [0.4, 0.5) is 5.82 Å². The summed E-state index contributed by atoms with van der Waals surface area (Å²) in [6.45, 7) is 2.17. The molecule has 192 valence electrons. The second kappa shape index (κ2) is 10.3. The second-order valence-electron chi connectivity index (χ2n) is 9.15. The Morgan fingerprint density at radius 2 is 1.89 bits per heavy atom. The Morgan fingerprint density at radius 3 is 2.44 bits per heavy atom. The normalized spacial score (nSPS) is 13.6. The fourth-order valence-electron chi connectivity index (χ4n) is 4.33. The van der Waals surface area contributed by atoms with Gasteiger partial charge in [0.25, 0.3) is 5.91 Å². The number of nitrogens with zero attached hydrogens (tertiary/aromatic N) is 2. The van der Waals surface area contributed by atoms with Crippen LogP contribution in [0.15, 0.2) is 34.7 Å². The maximum Gasteiger partial charge on any atom is 0.303 e. The van der Waals surface area contributed by atoms with Gasteiger partial charge in [-0.2, -0.15) is 4.98 Å². The number of carboxylic acid groups (broad SMARTS) is 1. The van der Waals surface area contributed by atoms with Crippen molar-refractivity contribution in [2.45, 2.75) is 51.4 Å². The number of aliphatic carboxylic acids is 1. The fraction of sp³-hybridized carbons (Fsp3) is 0.423. The van der Waals surface area contributed by atoms with Crippen LogP contribution >= 0.6 is 0 Å². The van der Waals surface area contributed by atoms with E-state index in [4.69, 9.17) is 9.52 Å². The molecular weight excluding hydrogens is 482 g/mol. The van der Waals surface area contributed by atoms with Crippen molar-refractivity contribution in [2.75, 3.05) is 24.2 Å². The summed E-state index contributed by atoms with van der Waals surface area (Å²) in [5.41, 5.74) is 3.18. The third-order valence-corrected chi connectivity index (χ3v) is 7.58. The van der Waals surface area contributed by atoms with Crippen LogP contribution in [0.1, 0.15) is 66.4 Å². The highest BCUT2D eigenvalue weighted by atomic mass is 32.2. The molecule has 4 rings (SSSR count). The molecule has 0 radical (unpaired) electrons. The van der Waals surface area contributed by atoms with E-state index in [0.717, 1.165) is 42.2 Å². The standard InChI is InChI=1S/C26H31N3O6S/c1-4-16-8-10-18(11-9-16)23-22(25(32)27-2)20-15-19(17-12-13-17)24(28-26(20)35-23)29(36(3,33)34)14-6-5-7-21(30)31/h8-11,15,17H,4-7,12-14H2,1-3H3,(H,27,32)(H,30,31). The number of amides is 1. The third kappa shape index (κ3) is 5.38. The van der Waals surface area contributed by atoms with Gasteiger partial charge in [-0.05, 0) is 55.2 Å². The summed E-state index contributed by atoms with van der Waals surface area (Å²) in [5, 5.41) is 12.1. The molecule has 2 heterocycles. The number of hydrogen-bond donors (Lipinski definition) is 2. The van der Waals surface area contributed by atoms with Gasteiger partial charge in [0, 0.05) is 25.6 Å². The van der Waals surface area contributed by atoms with Gasteiger partial charge in [-0.1, -0.05) is 31.2 Å². The van der Waals surface area contributed by atoms with Crippen molar-refractivity contribution in [1.29, 1.82) is 0 Å². The Morgan fingerprint density at radius 1 is 1.19 bits per heavy atom. The first-order chi connectivity index (χ1) is 17.1. The number of aromatic nitrogens is 1. The van der Waals surface area contributed by atoms with Gasteiger partial charge in [-0.25, -0.2) is 8.42 Å². The van der Waals surface area contributed by atoms with Gasteiger partial charge in [0.1, 0.15) is 11.6 Å². The van der Waals surface area contributed by atoms with E-state index in [1.165, 1.54) is 4.31 Å². The van der Waals surface area contributed by atoms with Crippen molar-refractivity contribution in [3.8, 4) is 11.3 Å². The summed E-state index contributed by atoms with van der Waals surface area (Å²) >= 11 is 0. The molecule has 0 spiro atoms. The van der Waals surface area contributed by atoms with Crippen molar-refractivity contribution in [3.05, 3.63) is 47.0 Å². The number of carbonyl (C=O) groups excluding carboxylic acids is 1. The van der Waals surface area contributed by atoms with Crippen LogP contribution in [-0.2, 0) is 21.2 Å². The SMILES string of the molecule is CCc1ccc(-c2oc3nc(N(CCCCC(=O)O)S(C)(=O)=O)c(C4CC4)cc3c2C(=O)NC)cc1. The summed E-state index contributed by atoms with van der Waals surface area (Å²) in [6.07, 6.45) is 4.48. The van der Waals surface area contributed by atoms with E-state index in [1.54, 1.807) is 7.05 Å². The zero-order chi connectivity index (χ0) is 26.0. The number of carboxylic acids is 1. The van der Waals surface area contributed by atoms with Gasteiger partial charge in [0.05, 0.1) is 17.2 Å². The molecule has 10 heteroatoms. The lowest BCUT2D eigenvalue weighted by Crippen LogP contribution is -2.32. The predicted molar refractivity (Wildman–Crippen MR) is 138 cm³/mol. The van der Waals surface area contributed by atoms with Gasteiger partial charge < -0.3 is 14.8 Å². The molecule has 0 unspecified atom stereocenters. The Hall–Kier alpha value is -3.40. The van der Waals surface area contributed by atoms with E-state index < -0.39 is 16.0 Å². The van der Waals surface area contributed by atoms with Gasteiger partial charge in [0.15, 0.2) is 0 Å². The number of anilines is 1. The summed E-state index contributed by atoms with van der Waals surface area (Å²) in [6, 6.07) is 9.59. The topological polar surface area (TPSA) is 130 Å². The van der Waals surface area contributed by atoms with Crippen LogP contribution in [0.25, 0.3) is 22.4 Å². The van der Waals surface area contributed by atoms with Crippen molar-refractivity contribution in [2.24, 2.45) is 0 Å². The quantitative estimate of drug-likeness (QED) is 0.365. The lowest BCUT2D eigenvalue weighted by molar-refractivity contribution is -0.137. The Labute approximate surface area is 210 Å². The highest BCUT2D eigenvalue weighted by molar-refractivity contribution is 7.92. The van der Waals surface area contributed by atoms with E-state index >= 15 is 0 Å². The van der Waals surface area contributed by atoms with E-state index in [9.17, 15) is 18.0 Å². The second-order valence-corrected chi connectivity index (χ2v) is 11.1. The molecule has 0 aliphatic heterocycles. The van der Waals surface area contributed by atoms with E-state index in [2.05, 4.69) is 17.2 Å². The van der Waals surface area contributed by atoms with Gasteiger partial charge in [0.2, 0.25) is 15.7 Å². The van der Waals surface area contributed by atoms with Crippen molar-refractivity contribution < 1.29 is 27.5 Å². The van der Waals surface area contributed by atoms with Crippen LogP contribution in [0, 0.1) is 0 Å². The first kappa shape index (κ1) is 25.7. The minimum atomic E-state index is -3.70. The van der Waals surface area contributed by atoms with Crippen LogP contribution in [0.3, 0.4) is 0 Å². The number of furan rings is 1. The highest BCUT2D eigenvalue weighted by Crippen LogP contribution is 2.46. The molecule has 1 aliphatic carbocycles. The number of aryl methyl sites for hydroxylation is 1. The molecule has 3 aromatic rings. The van der Waals surface area contributed by atoms with Crippen LogP contribution < -0.4 is 9.62 Å². The van der Waals surface area contributed by atoms with Crippen LogP contribution in [0.2, 0.25) is 0 Å². The summed E-state index contributed by atoms with van der Waals surface area (Å²) in [4.78, 5) is 28.5. The molecule has 9 nitrogen and oxygen atoms in total. The first-order valence-corrected chi connectivity index (χ1v) is 14.0. The number of rotatable bonds is 11. The molecule has 1 fully saturated rings. The molecule has 0 bridgehead atoms. The minimum absolute atomic E-state index is 0.0343. The molecule has 2 aromatic heterocycles. The summed E-state index contributed by atoms with van der Waals surface area (Å²) < 4.78 is 32.9. The monoisotopic (exact) mass is 513 g/mol. The number of sulfonamides is 1. The van der Waals surface area contributed by atoms with Crippen LogP contribution in [0.5, 0.6) is 0 Å². The van der Waals surface area contributed by atoms with Crippen molar-refractivity contribution in [3.63, 3.8) is 0 Å². The number of benzene rings is 1. The molecule has 36 heavy (non-hydrogen) atoms. The molecular formula is C26H31N3O6S. The smallest absolute Gasteiger partial charge is 0.303 e. The third-order valence-electron chi connectivity index (χ3n) is 6.43. The number of unbranched alkanes of at least 4 members (excludes halogenated alkanes) is 1. The first-order valence-electron chi connectivity index (χ1n) is 12.1. The zero-order valence-corrected chi connectivity index (χ0v) is 21.5. The maximum atomic E-state index is 13.0. The van der Waals surface area contributed by atoms with E-state index in [1.807, 2.05) is 30.3 Å². The highest BCUT2D eigenvalue weighted by Gasteiger charge is 2.34. The maximum absolute atomic E-state index is 13.0. The van der Waals surface area contributed by atoms with E-state index in [0.29, 0.717) is 29.6 Å². The molecule has 0 atom stereocenters. The Bertz CT molecular complexity index is 1390. The van der Waals surface area contributed by atoms with Gasteiger partial charge >= 0.3 is 5.97 Å². The molecule has 0 saturated heterocycles.